The third kappa shape index (κ3) is 4.11. The Hall–Kier alpha value is -1.41. The van der Waals surface area contributed by atoms with Gasteiger partial charge in [0.25, 0.3) is 0 Å². The van der Waals surface area contributed by atoms with Crippen LogP contribution in [0.5, 0.6) is 0 Å². The van der Waals surface area contributed by atoms with E-state index in [1.807, 2.05) is 0 Å². The molecule has 0 spiro atoms. The number of carbonyl (C=O) groups excluding carboxylic acids is 2. The average Bonchev–Trinajstić information content (AvgIpc) is 2.21. The summed E-state index contributed by atoms with van der Waals surface area (Å²) in [4.78, 5) is 21.2. The standard InChI is InChI=1S/C9H12F5NO3/c1-2-3-4-5(6(16)17)15-7(18)8(10,11)9(12,13)14/h5H,2-4H2,1H3,(H,15,18)(H,16,17)/p-1. The summed E-state index contributed by atoms with van der Waals surface area (Å²) in [7, 11) is 0. The monoisotopic (exact) mass is 276 g/mol. The summed E-state index contributed by atoms with van der Waals surface area (Å²) in [6.07, 6.45) is -5.64. The van der Waals surface area contributed by atoms with Crippen LogP contribution in [0.2, 0.25) is 0 Å². The third-order valence-electron chi connectivity index (χ3n) is 2.08. The lowest BCUT2D eigenvalue weighted by molar-refractivity contribution is -0.309. The lowest BCUT2D eigenvalue weighted by Crippen LogP contribution is -2.56. The highest BCUT2D eigenvalue weighted by Crippen LogP contribution is 2.35. The van der Waals surface area contributed by atoms with E-state index in [2.05, 4.69) is 0 Å². The van der Waals surface area contributed by atoms with E-state index >= 15 is 0 Å². The van der Waals surface area contributed by atoms with Crippen LogP contribution >= 0.6 is 0 Å². The Balaban J connectivity index is 4.75. The molecule has 0 aliphatic rings. The van der Waals surface area contributed by atoms with Gasteiger partial charge in [-0.25, -0.2) is 0 Å². The van der Waals surface area contributed by atoms with Crippen LogP contribution in [-0.4, -0.2) is 30.0 Å². The quantitative estimate of drug-likeness (QED) is 0.723. The zero-order valence-electron chi connectivity index (χ0n) is 9.31. The largest absolute Gasteiger partial charge is 0.548 e. The number of carboxylic acid groups (broad SMARTS) is 1. The highest BCUT2D eigenvalue weighted by molar-refractivity contribution is 5.88. The Kier molecular flexibility index (Phi) is 5.50. The minimum absolute atomic E-state index is 0.233. The predicted molar refractivity (Wildman–Crippen MR) is 47.5 cm³/mol. The van der Waals surface area contributed by atoms with Gasteiger partial charge in [-0.05, 0) is 6.42 Å². The third-order valence-corrected chi connectivity index (χ3v) is 2.08. The van der Waals surface area contributed by atoms with Crippen LogP contribution in [0, 0.1) is 0 Å². The first-order chi connectivity index (χ1) is 8.04. The Bertz CT molecular complexity index is 316. The second kappa shape index (κ2) is 5.96. The molecule has 4 nitrogen and oxygen atoms in total. The second-order valence-corrected chi connectivity index (χ2v) is 3.56. The number of carboxylic acids is 1. The van der Waals surface area contributed by atoms with Crippen LogP contribution in [0.25, 0.3) is 0 Å². The van der Waals surface area contributed by atoms with Gasteiger partial charge >= 0.3 is 18.0 Å². The molecule has 0 saturated heterocycles. The van der Waals surface area contributed by atoms with E-state index in [1.165, 1.54) is 0 Å². The minimum Gasteiger partial charge on any atom is -0.548 e. The molecule has 1 atom stereocenters. The summed E-state index contributed by atoms with van der Waals surface area (Å²) >= 11 is 0. The molecule has 18 heavy (non-hydrogen) atoms. The number of hydrogen-bond donors (Lipinski definition) is 1. The molecule has 0 aromatic heterocycles. The molecule has 0 aromatic carbocycles. The van der Waals surface area contributed by atoms with Crippen LogP contribution in [0.3, 0.4) is 0 Å². The first-order valence-corrected chi connectivity index (χ1v) is 5.00. The van der Waals surface area contributed by atoms with E-state index in [0.29, 0.717) is 6.42 Å². The van der Waals surface area contributed by atoms with Crippen molar-refractivity contribution in [2.75, 3.05) is 0 Å². The van der Waals surface area contributed by atoms with Gasteiger partial charge in [0, 0.05) is 0 Å². The van der Waals surface area contributed by atoms with Gasteiger partial charge < -0.3 is 15.2 Å². The van der Waals surface area contributed by atoms with E-state index in [9.17, 15) is 36.6 Å². The topological polar surface area (TPSA) is 69.2 Å². The highest BCUT2D eigenvalue weighted by atomic mass is 19.4. The van der Waals surface area contributed by atoms with E-state index in [1.54, 1.807) is 6.92 Å². The van der Waals surface area contributed by atoms with Crippen LogP contribution < -0.4 is 10.4 Å². The van der Waals surface area contributed by atoms with Crippen LogP contribution in [0.1, 0.15) is 26.2 Å². The molecule has 0 heterocycles. The van der Waals surface area contributed by atoms with Crippen molar-refractivity contribution in [1.29, 1.82) is 0 Å². The maximum Gasteiger partial charge on any atom is 0.463 e. The molecular weight excluding hydrogens is 265 g/mol. The number of nitrogens with one attached hydrogen (secondary N) is 1. The Morgan fingerprint density at radius 2 is 1.72 bits per heavy atom. The summed E-state index contributed by atoms with van der Waals surface area (Å²) < 4.78 is 60.5. The van der Waals surface area contributed by atoms with Gasteiger partial charge in [-0.2, -0.15) is 22.0 Å². The summed E-state index contributed by atoms with van der Waals surface area (Å²) in [6.45, 7) is 1.65. The molecule has 0 bridgehead atoms. The molecule has 0 rings (SSSR count). The summed E-state index contributed by atoms with van der Waals surface area (Å²) in [5, 5.41) is 11.6. The Morgan fingerprint density at radius 3 is 2.06 bits per heavy atom. The maximum atomic E-state index is 12.5. The van der Waals surface area contributed by atoms with Crippen molar-refractivity contribution in [1.82, 2.24) is 5.32 Å². The molecule has 0 radical (unpaired) electrons. The normalized spacial score (nSPS) is 14.1. The number of alkyl halides is 5. The zero-order chi connectivity index (χ0) is 14.6. The van der Waals surface area contributed by atoms with Crippen LogP contribution in [-0.2, 0) is 9.59 Å². The smallest absolute Gasteiger partial charge is 0.463 e. The molecule has 0 fully saturated rings. The Morgan fingerprint density at radius 1 is 1.22 bits per heavy atom. The van der Waals surface area contributed by atoms with E-state index in [4.69, 9.17) is 0 Å². The number of amides is 1. The van der Waals surface area contributed by atoms with Crippen molar-refractivity contribution in [3.8, 4) is 0 Å². The fraction of sp³-hybridized carbons (Fsp3) is 0.778. The highest BCUT2D eigenvalue weighted by Gasteiger charge is 2.63. The van der Waals surface area contributed by atoms with Crippen molar-refractivity contribution in [3.05, 3.63) is 0 Å². The van der Waals surface area contributed by atoms with Gasteiger partial charge in [-0.1, -0.05) is 19.8 Å². The van der Waals surface area contributed by atoms with Crippen molar-refractivity contribution >= 4 is 11.9 Å². The molecular formula is C9H11F5NO3-. The number of hydrogen-bond acceptors (Lipinski definition) is 3. The molecule has 1 unspecified atom stereocenters. The minimum atomic E-state index is -6.07. The van der Waals surface area contributed by atoms with Crippen molar-refractivity contribution in [2.24, 2.45) is 0 Å². The first-order valence-electron chi connectivity index (χ1n) is 5.00. The number of unbranched alkanes of at least 4 members (excludes halogenated alkanes) is 1. The van der Waals surface area contributed by atoms with E-state index in [-0.39, 0.29) is 12.8 Å². The van der Waals surface area contributed by atoms with Crippen LogP contribution in [0.15, 0.2) is 0 Å². The number of halogens is 5. The molecule has 0 saturated carbocycles. The molecule has 106 valence electrons. The fourth-order valence-electron chi connectivity index (χ4n) is 1.03. The van der Waals surface area contributed by atoms with Gasteiger partial charge in [0.1, 0.15) is 0 Å². The average molecular weight is 276 g/mol. The van der Waals surface area contributed by atoms with Gasteiger partial charge in [-0.3, -0.25) is 4.79 Å². The van der Waals surface area contributed by atoms with Gasteiger partial charge in [0.2, 0.25) is 0 Å². The molecule has 0 aromatic rings. The Labute approximate surface area is 99.2 Å². The van der Waals surface area contributed by atoms with Crippen molar-refractivity contribution in [3.63, 3.8) is 0 Å². The van der Waals surface area contributed by atoms with Crippen molar-refractivity contribution < 1.29 is 36.6 Å². The van der Waals surface area contributed by atoms with E-state index in [0.717, 1.165) is 5.32 Å². The van der Waals surface area contributed by atoms with E-state index < -0.39 is 30.0 Å². The fourth-order valence-corrected chi connectivity index (χ4v) is 1.03. The lowest BCUT2D eigenvalue weighted by atomic mass is 10.1. The first kappa shape index (κ1) is 16.6. The predicted octanol–water partition coefficient (Wildman–Crippen LogP) is 0.609. The number of carbonyl (C=O) groups is 2. The maximum absolute atomic E-state index is 12.5. The van der Waals surface area contributed by atoms with Gasteiger partial charge in [0.15, 0.2) is 0 Å². The molecule has 0 aliphatic heterocycles. The van der Waals surface area contributed by atoms with Crippen LogP contribution in [0.4, 0.5) is 22.0 Å². The summed E-state index contributed by atoms with van der Waals surface area (Å²) in [5.41, 5.74) is 0. The number of rotatable bonds is 6. The van der Waals surface area contributed by atoms with Crippen molar-refractivity contribution in [2.45, 2.75) is 44.3 Å². The SMILES string of the molecule is CCCCC(NC(=O)C(F)(F)C(F)(F)F)C(=O)[O-]. The van der Waals surface area contributed by atoms with Gasteiger partial charge in [0.05, 0.1) is 12.0 Å². The molecule has 1 amide bonds. The second-order valence-electron chi connectivity index (χ2n) is 3.56. The molecule has 1 N–H and O–H groups in total. The lowest BCUT2D eigenvalue weighted by Gasteiger charge is -2.24. The van der Waals surface area contributed by atoms with Gasteiger partial charge in [-0.15, -0.1) is 0 Å². The number of aliphatic carboxylic acids is 1. The summed E-state index contributed by atoms with van der Waals surface area (Å²) in [6, 6.07) is -1.87. The summed E-state index contributed by atoms with van der Waals surface area (Å²) in [5.74, 6) is -10.2. The molecule has 0 aliphatic carbocycles. The zero-order valence-corrected chi connectivity index (χ0v) is 9.31. The molecule has 9 heteroatoms.